The second-order valence-corrected chi connectivity index (χ2v) is 6.79. The van der Waals surface area contributed by atoms with Crippen molar-refractivity contribution in [3.63, 3.8) is 0 Å². The van der Waals surface area contributed by atoms with Gasteiger partial charge in [0, 0.05) is 16.4 Å². The first-order valence-corrected chi connectivity index (χ1v) is 9.00. The molecular weight excluding hydrogens is 322 g/mol. The Morgan fingerprint density at radius 1 is 1.17 bits per heavy atom. The molecule has 1 aromatic heterocycles. The van der Waals surface area contributed by atoms with E-state index in [1.165, 1.54) is 11.3 Å². The number of carbonyl (C=O) groups excluding carboxylic acids is 2. The van der Waals surface area contributed by atoms with Crippen LogP contribution in [-0.2, 0) is 16.0 Å². The minimum absolute atomic E-state index is 0.107. The molecule has 1 aromatic carbocycles. The quantitative estimate of drug-likeness (QED) is 0.769. The van der Waals surface area contributed by atoms with Crippen molar-refractivity contribution in [1.29, 1.82) is 0 Å². The first kappa shape index (κ1) is 18.2. The molecule has 0 spiro atoms. The maximum atomic E-state index is 12.6. The van der Waals surface area contributed by atoms with Crippen LogP contribution in [0.15, 0.2) is 30.3 Å². The van der Waals surface area contributed by atoms with Gasteiger partial charge >= 0.3 is 5.97 Å². The number of aryl methyl sites for hydroxylation is 1. The van der Waals surface area contributed by atoms with Gasteiger partial charge in [0.1, 0.15) is 10.6 Å². The fourth-order valence-electron chi connectivity index (χ4n) is 2.38. The molecule has 2 rings (SSSR count). The van der Waals surface area contributed by atoms with E-state index in [9.17, 15) is 9.59 Å². The zero-order chi connectivity index (χ0) is 17.7. The van der Waals surface area contributed by atoms with Gasteiger partial charge in [0.2, 0.25) is 5.91 Å². The highest BCUT2D eigenvalue weighted by atomic mass is 32.1. The summed E-state index contributed by atoms with van der Waals surface area (Å²) in [6, 6.07) is 9.75. The maximum absolute atomic E-state index is 12.6. The predicted molar refractivity (Wildman–Crippen MR) is 98.6 cm³/mol. The molecule has 0 bridgehead atoms. The number of amides is 1. The lowest BCUT2D eigenvalue weighted by Gasteiger charge is -2.10. The van der Waals surface area contributed by atoms with Gasteiger partial charge < -0.3 is 10.1 Å². The summed E-state index contributed by atoms with van der Waals surface area (Å²) < 4.78 is 5.25. The number of benzene rings is 1. The normalized spacial score (nSPS) is 10.7. The van der Waals surface area contributed by atoms with E-state index in [1.807, 2.05) is 51.1 Å². The lowest BCUT2D eigenvalue weighted by Crippen LogP contribution is -2.19. The summed E-state index contributed by atoms with van der Waals surface area (Å²) in [5.74, 6) is -0.664. The highest BCUT2D eigenvalue weighted by molar-refractivity contribution is 7.17. The van der Waals surface area contributed by atoms with Crippen LogP contribution in [0.4, 0.5) is 5.00 Å². The third kappa shape index (κ3) is 3.85. The van der Waals surface area contributed by atoms with Crippen molar-refractivity contribution in [2.75, 3.05) is 11.9 Å². The molecule has 5 heteroatoms. The average Bonchev–Trinajstić information content (AvgIpc) is 2.94. The Balaban J connectivity index is 2.61. The summed E-state index contributed by atoms with van der Waals surface area (Å²) in [4.78, 5) is 25.8. The summed E-state index contributed by atoms with van der Waals surface area (Å²) in [5, 5.41) is 3.47. The van der Waals surface area contributed by atoms with Crippen molar-refractivity contribution in [1.82, 2.24) is 0 Å². The Morgan fingerprint density at radius 2 is 1.83 bits per heavy atom. The number of ether oxygens (including phenoxy) is 1. The molecule has 4 nitrogen and oxygen atoms in total. The van der Waals surface area contributed by atoms with Gasteiger partial charge in [-0.2, -0.15) is 0 Å². The molecule has 24 heavy (non-hydrogen) atoms. The molecule has 0 atom stereocenters. The fraction of sp³-hybridized carbons (Fsp3) is 0.368. The van der Waals surface area contributed by atoms with Gasteiger partial charge in [-0.05, 0) is 18.9 Å². The van der Waals surface area contributed by atoms with Crippen LogP contribution in [0.5, 0.6) is 0 Å². The summed E-state index contributed by atoms with van der Waals surface area (Å²) in [5.41, 5.74) is 2.28. The Morgan fingerprint density at radius 3 is 2.38 bits per heavy atom. The molecule has 0 aliphatic heterocycles. The molecule has 128 valence electrons. The van der Waals surface area contributed by atoms with Crippen LogP contribution >= 0.6 is 11.3 Å². The molecule has 1 heterocycles. The zero-order valence-corrected chi connectivity index (χ0v) is 15.3. The van der Waals surface area contributed by atoms with E-state index in [2.05, 4.69) is 5.32 Å². The first-order valence-electron chi connectivity index (χ1n) is 8.18. The third-order valence-corrected chi connectivity index (χ3v) is 4.85. The fourth-order valence-corrected chi connectivity index (χ4v) is 3.53. The summed E-state index contributed by atoms with van der Waals surface area (Å²) in [6.45, 7) is 7.76. The molecule has 0 radical (unpaired) electrons. The predicted octanol–water partition coefficient (Wildman–Crippen LogP) is 4.75. The van der Waals surface area contributed by atoms with E-state index in [-0.39, 0.29) is 11.8 Å². The van der Waals surface area contributed by atoms with Gasteiger partial charge in [0.15, 0.2) is 0 Å². The van der Waals surface area contributed by atoms with Gasteiger partial charge in [-0.15, -0.1) is 11.3 Å². The molecule has 0 saturated carbocycles. The van der Waals surface area contributed by atoms with Crippen LogP contribution in [0.1, 0.15) is 42.9 Å². The van der Waals surface area contributed by atoms with Crippen LogP contribution < -0.4 is 5.32 Å². The highest BCUT2D eigenvalue weighted by Gasteiger charge is 2.26. The van der Waals surface area contributed by atoms with Crippen molar-refractivity contribution in [3.8, 4) is 11.1 Å². The molecule has 0 aliphatic carbocycles. The Kier molecular flexibility index (Phi) is 6.15. The summed E-state index contributed by atoms with van der Waals surface area (Å²) >= 11 is 1.45. The van der Waals surface area contributed by atoms with Crippen LogP contribution in [0.25, 0.3) is 11.1 Å². The largest absolute Gasteiger partial charge is 0.462 e. The highest BCUT2D eigenvalue weighted by Crippen LogP contribution is 2.41. The molecule has 2 aromatic rings. The number of esters is 1. The van der Waals surface area contributed by atoms with Crippen molar-refractivity contribution in [2.24, 2.45) is 5.92 Å². The van der Waals surface area contributed by atoms with Crippen LogP contribution in [0.3, 0.4) is 0 Å². The van der Waals surface area contributed by atoms with Gasteiger partial charge in [-0.3, -0.25) is 4.79 Å². The number of nitrogens with one attached hydrogen (secondary N) is 1. The summed E-state index contributed by atoms with van der Waals surface area (Å²) in [6.07, 6.45) is 0.777. The topological polar surface area (TPSA) is 55.4 Å². The number of rotatable bonds is 6. The maximum Gasteiger partial charge on any atom is 0.341 e. The number of thiophene rings is 1. The second-order valence-electron chi connectivity index (χ2n) is 5.69. The van der Waals surface area contributed by atoms with Gasteiger partial charge in [0.05, 0.1) is 6.61 Å². The molecule has 0 aliphatic rings. The molecule has 0 fully saturated rings. The second kappa shape index (κ2) is 8.11. The van der Waals surface area contributed by atoms with Crippen molar-refractivity contribution >= 4 is 28.2 Å². The van der Waals surface area contributed by atoms with Gasteiger partial charge in [0.25, 0.3) is 0 Å². The minimum Gasteiger partial charge on any atom is -0.462 e. The smallest absolute Gasteiger partial charge is 0.341 e. The molecule has 1 N–H and O–H groups in total. The first-order chi connectivity index (χ1) is 11.5. The molecule has 0 saturated heterocycles. The summed E-state index contributed by atoms with van der Waals surface area (Å²) in [7, 11) is 0. The lowest BCUT2D eigenvalue weighted by molar-refractivity contribution is -0.118. The van der Waals surface area contributed by atoms with E-state index >= 15 is 0 Å². The third-order valence-electron chi connectivity index (χ3n) is 3.61. The number of hydrogen-bond donors (Lipinski definition) is 1. The molecular formula is C19H23NO3S. The Hall–Kier alpha value is -2.14. The standard InChI is InChI=1S/C19H23NO3S/c1-5-14-15(13-10-8-7-9-11-13)16(19(22)23-6-2)18(24-14)20-17(21)12(3)4/h7-12H,5-6H2,1-4H3,(H,20,21). The van der Waals surface area contributed by atoms with E-state index < -0.39 is 5.97 Å². The van der Waals surface area contributed by atoms with E-state index in [0.29, 0.717) is 17.2 Å². The number of carbonyl (C=O) groups is 2. The monoisotopic (exact) mass is 345 g/mol. The molecule has 1 amide bonds. The van der Waals surface area contributed by atoms with Crippen LogP contribution in [-0.4, -0.2) is 18.5 Å². The van der Waals surface area contributed by atoms with Gasteiger partial charge in [-0.1, -0.05) is 51.1 Å². The van der Waals surface area contributed by atoms with Crippen LogP contribution in [0.2, 0.25) is 0 Å². The Bertz CT molecular complexity index is 720. The van der Waals surface area contributed by atoms with E-state index in [0.717, 1.165) is 22.4 Å². The molecule has 0 unspecified atom stereocenters. The SMILES string of the molecule is CCOC(=O)c1c(NC(=O)C(C)C)sc(CC)c1-c1ccccc1. The van der Waals surface area contributed by atoms with Crippen molar-refractivity contribution < 1.29 is 14.3 Å². The van der Waals surface area contributed by atoms with Gasteiger partial charge in [-0.25, -0.2) is 4.79 Å². The zero-order valence-electron chi connectivity index (χ0n) is 14.5. The lowest BCUT2D eigenvalue weighted by atomic mass is 10.00. The number of anilines is 1. The van der Waals surface area contributed by atoms with E-state index in [1.54, 1.807) is 6.92 Å². The average molecular weight is 345 g/mol. The van der Waals surface area contributed by atoms with Crippen LogP contribution in [0, 0.1) is 5.92 Å². The number of hydrogen-bond acceptors (Lipinski definition) is 4. The van der Waals surface area contributed by atoms with Crippen molar-refractivity contribution in [3.05, 3.63) is 40.8 Å². The van der Waals surface area contributed by atoms with Crippen molar-refractivity contribution in [2.45, 2.75) is 34.1 Å². The Labute approximate surface area is 146 Å². The van der Waals surface area contributed by atoms with E-state index in [4.69, 9.17) is 4.74 Å². The minimum atomic E-state index is -0.397.